The Morgan fingerprint density at radius 1 is 1.29 bits per heavy atom. The summed E-state index contributed by atoms with van der Waals surface area (Å²) in [5.41, 5.74) is 3.83. The second-order valence-corrected chi connectivity index (χ2v) is 6.98. The predicted octanol–water partition coefficient (Wildman–Crippen LogP) is 3.72. The number of hydrogen-bond acceptors (Lipinski definition) is 4. The molecular weight excluding hydrogens is 322 g/mol. The van der Waals surface area contributed by atoms with E-state index in [1.807, 2.05) is 39.8 Å². The molecule has 124 valence electrons. The number of carbonyl (C=O) groups excluding carboxylic acids is 1. The van der Waals surface area contributed by atoms with Crippen LogP contribution in [0.15, 0.2) is 23.0 Å². The quantitative estimate of drug-likeness (QED) is 0.762. The van der Waals surface area contributed by atoms with Crippen molar-refractivity contribution in [2.45, 2.75) is 34.1 Å². The lowest BCUT2D eigenvalue weighted by atomic mass is 10.0. The van der Waals surface area contributed by atoms with Crippen LogP contribution in [-0.4, -0.2) is 15.9 Å². The van der Waals surface area contributed by atoms with Gasteiger partial charge in [-0.1, -0.05) is 13.0 Å². The summed E-state index contributed by atoms with van der Waals surface area (Å²) in [7, 11) is 0. The number of anilines is 1. The predicted molar refractivity (Wildman–Crippen MR) is 98.2 cm³/mol. The minimum atomic E-state index is -0.179. The molecule has 0 atom stereocenters. The first-order valence-corrected chi connectivity index (χ1v) is 8.63. The van der Waals surface area contributed by atoms with Crippen molar-refractivity contribution in [3.8, 4) is 0 Å². The number of H-pyrrole nitrogens is 1. The highest BCUT2D eigenvalue weighted by Crippen LogP contribution is 2.23. The summed E-state index contributed by atoms with van der Waals surface area (Å²) in [5.74, 6) is -0.179. The van der Waals surface area contributed by atoms with E-state index in [-0.39, 0.29) is 11.5 Å². The van der Waals surface area contributed by atoms with Crippen molar-refractivity contribution < 1.29 is 4.79 Å². The number of thiazole rings is 1. The average Bonchev–Trinajstić information content (AvgIpc) is 2.86. The number of carbonyl (C=O) groups is 1. The van der Waals surface area contributed by atoms with Crippen LogP contribution in [0.1, 0.15) is 38.4 Å². The van der Waals surface area contributed by atoms with E-state index in [4.69, 9.17) is 0 Å². The molecule has 0 fully saturated rings. The number of rotatable bonds is 3. The second kappa shape index (κ2) is 6.20. The maximum absolute atomic E-state index is 12.4. The first-order chi connectivity index (χ1) is 11.4. The smallest absolute Gasteiger partial charge is 0.267 e. The van der Waals surface area contributed by atoms with E-state index < -0.39 is 0 Å². The molecule has 0 radical (unpaired) electrons. The fourth-order valence-corrected chi connectivity index (χ4v) is 3.75. The van der Waals surface area contributed by atoms with Crippen molar-refractivity contribution in [2.24, 2.45) is 0 Å². The van der Waals surface area contributed by atoms with Crippen LogP contribution < -0.4 is 10.9 Å². The summed E-state index contributed by atoms with van der Waals surface area (Å²) < 4.78 is 0. The van der Waals surface area contributed by atoms with E-state index in [9.17, 15) is 9.59 Å². The molecule has 1 aromatic carbocycles. The van der Waals surface area contributed by atoms with Gasteiger partial charge in [0.1, 0.15) is 4.88 Å². The Balaban J connectivity index is 1.98. The van der Waals surface area contributed by atoms with Crippen LogP contribution in [0.25, 0.3) is 10.9 Å². The summed E-state index contributed by atoms with van der Waals surface area (Å²) in [6, 6.07) is 5.58. The van der Waals surface area contributed by atoms with E-state index in [2.05, 4.69) is 15.3 Å². The van der Waals surface area contributed by atoms with Gasteiger partial charge >= 0.3 is 0 Å². The molecule has 0 saturated carbocycles. The van der Waals surface area contributed by atoms with Crippen LogP contribution in [0, 0.1) is 20.8 Å². The lowest BCUT2D eigenvalue weighted by Crippen LogP contribution is -2.15. The zero-order chi connectivity index (χ0) is 17.4. The van der Waals surface area contributed by atoms with Gasteiger partial charge in [-0.15, -0.1) is 11.3 Å². The first kappa shape index (κ1) is 16.4. The van der Waals surface area contributed by atoms with Crippen molar-refractivity contribution in [3.63, 3.8) is 0 Å². The third-order valence-electron chi connectivity index (χ3n) is 4.12. The molecule has 3 rings (SSSR count). The Bertz CT molecular complexity index is 1000. The molecule has 0 saturated heterocycles. The SMILES string of the molecule is CCc1c(C)c2ccc(NC(=O)c3sc(C)nc3C)cc2[nH]c1=O. The third-order valence-corrected chi connectivity index (χ3v) is 5.19. The van der Waals surface area contributed by atoms with E-state index in [1.54, 1.807) is 6.07 Å². The van der Waals surface area contributed by atoms with Crippen molar-refractivity contribution >= 4 is 33.8 Å². The van der Waals surface area contributed by atoms with Gasteiger partial charge in [0.2, 0.25) is 0 Å². The van der Waals surface area contributed by atoms with Gasteiger partial charge < -0.3 is 10.3 Å². The molecule has 0 spiro atoms. The Labute approximate surface area is 143 Å². The minimum Gasteiger partial charge on any atom is -0.322 e. The van der Waals surface area contributed by atoms with Gasteiger partial charge in [-0.3, -0.25) is 9.59 Å². The summed E-state index contributed by atoms with van der Waals surface area (Å²) in [6.07, 6.45) is 0.694. The van der Waals surface area contributed by atoms with Gasteiger partial charge in [0.15, 0.2) is 0 Å². The number of amides is 1. The summed E-state index contributed by atoms with van der Waals surface area (Å²) >= 11 is 1.37. The first-order valence-electron chi connectivity index (χ1n) is 7.81. The van der Waals surface area contributed by atoms with Crippen LogP contribution in [0.4, 0.5) is 5.69 Å². The largest absolute Gasteiger partial charge is 0.322 e. The highest BCUT2D eigenvalue weighted by Gasteiger charge is 2.14. The molecule has 0 aliphatic rings. The van der Waals surface area contributed by atoms with E-state index >= 15 is 0 Å². The molecule has 3 aromatic rings. The highest BCUT2D eigenvalue weighted by atomic mass is 32.1. The van der Waals surface area contributed by atoms with E-state index in [0.717, 1.165) is 32.7 Å². The summed E-state index contributed by atoms with van der Waals surface area (Å²) in [4.78, 5) is 32.3. The summed E-state index contributed by atoms with van der Waals surface area (Å²) in [6.45, 7) is 7.63. The van der Waals surface area contributed by atoms with Gasteiger partial charge in [0.25, 0.3) is 11.5 Å². The maximum atomic E-state index is 12.4. The molecule has 0 aliphatic carbocycles. The number of aromatic amines is 1. The monoisotopic (exact) mass is 341 g/mol. The molecule has 0 unspecified atom stereocenters. The van der Waals surface area contributed by atoms with Gasteiger partial charge in [-0.05, 0) is 44.9 Å². The Morgan fingerprint density at radius 2 is 2.04 bits per heavy atom. The van der Waals surface area contributed by atoms with Crippen LogP contribution in [0.3, 0.4) is 0 Å². The standard InChI is InChI=1S/C18H19N3O2S/c1-5-13-9(2)14-7-6-12(8-15(14)21-17(13)22)20-18(23)16-10(3)19-11(4)24-16/h6-8H,5H2,1-4H3,(H,20,23)(H,21,22). The van der Waals surface area contributed by atoms with E-state index in [0.29, 0.717) is 17.0 Å². The molecular formula is C18H19N3O2S. The number of hydrogen-bond donors (Lipinski definition) is 2. The Kier molecular flexibility index (Phi) is 4.24. The molecule has 0 bridgehead atoms. The van der Waals surface area contributed by atoms with E-state index in [1.165, 1.54) is 11.3 Å². The third kappa shape index (κ3) is 2.85. The number of aryl methyl sites for hydroxylation is 3. The summed E-state index contributed by atoms with van der Waals surface area (Å²) in [5, 5.41) is 4.74. The fraction of sp³-hybridized carbons (Fsp3) is 0.278. The molecule has 2 N–H and O–H groups in total. The zero-order valence-electron chi connectivity index (χ0n) is 14.1. The molecule has 6 heteroatoms. The highest BCUT2D eigenvalue weighted by molar-refractivity contribution is 7.13. The molecule has 24 heavy (non-hydrogen) atoms. The maximum Gasteiger partial charge on any atom is 0.267 e. The minimum absolute atomic E-state index is 0.0695. The average molecular weight is 341 g/mol. The van der Waals surface area contributed by atoms with Crippen molar-refractivity contribution in [1.82, 2.24) is 9.97 Å². The number of nitrogens with one attached hydrogen (secondary N) is 2. The van der Waals surface area contributed by atoms with Crippen molar-refractivity contribution in [1.29, 1.82) is 0 Å². The molecule has 5 nitrogen and oxygen atoms in total. The number of aromatic nitrogens is 2. The van der Waals surface area contributed by atoms with Crippen LogP contribution in [0.5, 0.6) is 0 Å². The normalized spacial score (nSPS) is 11.0. The number of fused-ring (bicyclic) bond motifs is 1. The van der Waals surface area contributed by atoms with Crippen LogP contribution in [0.2, 0.25) is 0 Å². The van der Waals surface area contributed by atoms with Gasteiger partial charge in [-0.2, -0.15) is 0 Å². The fourth-order valence-electron chi connectivity index (χ4n) is 2.94. The Morgan fingerprint density at radius 3 is 2.67 bits per heavy atom. The van der Waals surface area contributed by atoms with Gasteiger partial charge in [0, 0.05) is 16.6 Å². The van der Waals surface area contributed by atoms with Gasteiger partial charge in [0.05, 0.1) is 16.2 Å². The van der Waals surface area contributed by atoms with Crippen LogP contribution in [-0.2, 0) is 6.42 Å². The van der Waals surface area contributed by atoms with Crippen molar-refractivity contribution in [2.75, 3.05) is 5.32 Å². The lowest BCUT2D eigenvalue weighted by molar-refractivity contribution is 0.103. The number of benzene rings is 1. The Hall–Kier alpha value is -2.47. The lowest BCUT2D eigenvalue weighted by Gasteiger charge is -2.10. The molecule has 1 amide bonds. The van der Waals surface area contributed by atoms with Crippen LogP contribution >= 0.6 is 11.3 Å². The molecule has 0 aliphatic heterocycles. The molecule has 2 heterocycles. The molecule has 2 aromatic heterocycles. The number of nitrogens with zero attached hydrogens (tertiary/aromatic N) is 1. The second-order valence-electron chi connectivity index (χ2n) is 5.77. The van der Waals surface area contributed by atoms with Gasteiger partial charge in [-0.25, -0.2) is 4.98 Å². The van der Waals surface area contributed by atoms with Crippen molar-refractivity contribution in [3.05, 3.63) is 55.3 Å². The topological polar surface area (TPSA) is 74.8 Å². The number of pyridine rings is 1. The zero-order valence-corrected chi connectivity index (χ0v) is 14.9.